The topological polar surface area (TPSA) is 51.2 Å². The molecular weight excluding hydrogens is 1360 g/mol. The summed E-state index contributed by atoms with van der Waals surface area (Å²) in [5, 5.41) is 4.09. The lowest BCUT2D eigenvalue weighted by Crippen LogP contribution is -2.29. The normalized spacial score (nSPS) is 15.5. The highest BCUT2D eigenvalue weighted by atomic mass is 19.1. The van der Waals surface area contributed by atoms with Crippen LogP contribution >= 0.6 is 0 Å². The maximum Gasteiger partial charge on any atom is 0.159 e. The van der Waals surface area contributed by atoms with Crippen molar-refractivity contribution in [3.8, 4) is 56.4 Å². The number of rotatable bonds is 15. The quantitative estimate of drug-likeness (QED) is 0.102. The molecular formula is C102H66F2N2O4. The van der Waals surface area contributed by atoms with Gasteiger partial charge < -0.3 is 28.1 Å². The first-order valence-corrected chi connectivity index (χ1v) is 37.7. The molecule has 0 bridgehead atoms. The van der Waals surface area contributed by atoms with Gasteiger partial charge >= 0.3 is 0 Å². The summed E-state index contributed by atoms with van der Waals surface area (Å²) in [4.78, 5) is 4.63. The second-order valence-electron chi connectivity index (χ2n) is 29.4. The fourth-order valence-corrected chi connectivity index (χ4v) is 18.4. The summed E-state index contributed by atoms with van der Waals surface area (Å²) >= 11 is 0. The zero-order valence-electron chi connectivity index (χ0n) is 59.6. The lowest BCUT2D eigenvalue weighted by atomic mass is 9.67. The van der Waals surface area contributed by atoms with E-state index in [1.165, 1.54) is 22.3 Å². The van der Waals surface area contributed by atoms with Crippen LogP contribution in [-0.2, 0) is 36.5 Å². The van der Waals surface area contributed by atoms with Gasteiger partial charge in [0.15, 0.2) is 11.2 Å². The molecule has 2 unspecified atom stereocenters. The minimum atomic E-state index is -0.877. The summed E-state index contributed by atoms with van der Waals surface area (Å²) in [7, 11) is 0. The maximum atomic E-state index is 15.4. The first-order chi connectivity index (χ1) is 54.3. The number of fused-ring (bicyclic) bond motifs is 14. The first kappa shape index (κ1) is 63.5. The average Bonchev–Trinajstić information content (AvgIpc) is 1.54. The average molecular weight is 1420 g/mol. The molecule has 0 amide bonds. The Labute approximate surface area is 634 Å². The van der Waals surface area contributed by atoms with E-state index >= 15 is 8.78 Å². The van der Waals surface area contributed by atoms with Crippen LogP contribution in [0.5, 0.6) is 23.0 Å². The van der Waals surface area contributed by atoms with Gasteiger partial charge in [-0.2, -0.15) is 0 Å². The Bertz CT molecular complexity index is 6330. The van der Waals surface area contributed by atoms with Crippen LogP contribution in [0.4, 0.5) is 42.9 Å². The third-order valence-electron chi connectivity index (χ3n) is 23.7. The molecule has 4 aliphatic carbocycles. The lowest BCUT2D eigenvalue weighted by Gasteiger charge is -2.35. The number of hydrogen-bond donors (Lipinski definition) is 0. The van der Waals surface area contributed by atoms with Crippen molar-refractivity contribution in [2.45, 2.75) is 36.5 Å². The Hall–Kier alpha value is -13.8. The predicted octanol–water partition coefficient (Wildman–Crippen LogP) is 26.9. The van der Waals surface area contributed by atoms with Crippen LogP contribution in [-0.4, -0.2) is 0 Å². The predicted molar refractivity (Wildman–Crippen MR) is 438 cm³/mol. The minimum absolute atomic E-state index is 0.302. The Balaban J connectivity index is 0.669. The molecule has 22 rings (SSSR count). The molecule has 2 atom stereocenters. The molecule has 0 saturated carbocycles. The fourth-order valence-electron chi connectivity index (χ4n) is 18.4. The third kappa shape index (κ3) is 9.85. The van der Waals surface area contributed by atoms with Gasteiger partial charge in [0.05, 0.1) is 22.2 Å². The molecule has 6 nitrogen and oxygen atoms in total. The van der Waals surface area contributed by atoms with Gasteiger partial charge in [0.2, 0.25) is 0 Å². The Morgan fingerprint density at radius 3 is 1.01 bits per heavy atom. The van der Waals surface area contributed by atoms with Crippen molar-refractivity contribution in [2.75, 3.05) is 9.80 Å². The van der Waals surface area contributed by atoms with Gasteiger partial charge in [0, 0.05) is 44.3 Å². The van der Waals surface area contributed by atoms with E-state index in [1.807, 2.05) is 48.5 Å². The molecule has 18 aromatic rings. The summed E-state index contributed by atoms with van der Waals surface area (Å²) in [6.07, 6.45) is 4.34. The number of anilines is 6. The molecule has 2 aromatic heterocycles. The number of benzene rings is 16. The second-order valence-corrected chi connectivity index (χ2v) is 29.4. The highest BCUT2D eigenvalue weighted by molar-refractivity contribution is 6.12. The van der Waals surface area contributed by atoms with Crippen molar-refractivity contribution in [1.82, 2.24) is 0 Å². The van der Waals surface area contributed by atoms with E-state index in [-0.39, 0.29) is 11.6 Å². The number of hydrogen-bond acceptors (Lipinski definition) is 6. The van der Waals surface area contributed by atoms with E-state index in [0.29, 0.717) is 0 Å². The minimum Gasteiger partial charge on any atom is -0.457 e. The van der Waals surface area contributed by atoms with Crippen molar-refractivity contribution in [3.63, 3.8) is 0 Å². The molecule has 4 aliphatic rings. The summed E-state index contributed by atoms with van der Waals surface area (Å²) in [6.45, 7) is 0. The van der Waals surface area contributed by atoms with Gasteiger partial charge in [-0.3, -0.25) is 0 Å². The van der Waals surface area contributed by atoms with Crippen LogP contribution in [0, 0.1) is 11.6 Å². The number of halogens is 2. The Kier molecular flexibility index (Phi) is 14.4. The molecule has 8 heteroatoms. The molecule has 2 heterocycles. The molecule has 0 saturated heterocycles. The second kappa shape index (κ2) is 24.9. The van der Waals surface area contributed by atoms with Gasteiger partial charge in [0.1, 0.15) is 45.8 Å². The van der Waals surface area contributed by atoms with Crippen LogP contribution in [0.15, 0.2) is 361 Å². The molecule has 110 heavy (non-hydrogen) atoms. The van der Waals surface area contributed by atoms with Gasteiger partial charge in [-0.05, 0) is 271 Å². The summed E-state index contributed by atoms with van der Waals surface area (Å²) < 4.78 is 57.7. The van der Waals surface area contributed by atoms with Crippen molar-refractivity contribution >= 4 is 78.0 Å². The number of furan rings is 2. The van der Waals surface area contributed by atoms with Gasteiger partial charge in [-0.15, -0.1) is 0 Å². The number of nitrogens with zero attached hydrogens (tertiary/aromatic N) is 2. The summed E-state index contributed by atoms with van der Waals surface area (Å²) in [5.74, 6) is 2.51. The van der Waals surface area contributed by atoms with E-state index in [9.17, 15) is 0 Å². The van der Waals surface area contributed by atoms with Crippen LogP contribution in [0.2, 0.25) is 0 Å². The highest BCUT2D eigenvalue weighted by Gasteiger charge is 2.49. The molecule has 16 aromatic carbocycles. The largest absolute Gasteiger partial charge is 0.457 e. The van der Waals surface area contributed by atoms with Crippen LogP contribution < -0.4 is 19.3 Å². The third-order valence-corrected chi connectivity index (χ3v) is 23.7. The van der Waals surface area contributed by atoms with E-state index in [4.69, 9.17) is 18.3 Å². The zero-order chi connectivity index (χ0) is 72.8. The molecule has 0 N–H and O–H groups in total. The number of aryl methyl sites for hydroxylation is 4. The SMILES string of the molecule is Fc1ccc(C2(c3ccc(Oc4ccc5c(c4)CC5)cc3)c3ccccc3-c3ccc(N(c4ccc(-c5ccc(N(c6ccc7c(c6)C(c6ccc(F)cc6)(c6ccc(Oc8ccc9c(c8)CC9)cc6)c6ccccc6-7)c6cccc7c6oc6ccccc67)cc5)cc4)c4cccc5c4oc4ccccc45)cc32)cc1. The number of ether oxygens (including phenoxy) is 2. The number of para-hydroxylation sites is 4. The van der Waals surface area contributed by atoms with Crippen LogP contribution in [0.3, 0.4) is 0 Å². The van der Waals surface area contributed by atoms with Crippen molar-refractivity contribution in [1.29, 1.82) is 0 Å². The van der Waals surface area contributed by atoms with Crippen LogP contribution in [0.25, 0.3) is 77.3 Å². The Morgan fingerprint density at radius 1 is 0.264 bits per heavy atom. The molecule has 0 fully saturated rings. The Morgan fingerprint density at radius 2 is 0.609 bits per heavy atom. The van der Waals surface area contributed by atoms with E-state index in [0.717, 1.165) is 205 Å². The zero-order valence-corrected chi connectivity index (χ0v) is 59.6. The van der Waals surface area contributed by atoms with Crippen molar-refractivity contribution < 1.29 is 27.1 Å². The van der Waals surface area contributed by atoms with Crippen molar-refractivity contribution in [2.24, 2.45) is 0 Å². The summed E-state index contributed by atoms with van der Waals surface area (Å²) in [5.41, 5.74) is 26.9. The maximum absolute atomic E-state index is 15.4. The standard InChI is InChI=1S/C102H66F2N2O4/c103-73-41-33-69(34-42-73)101(71-37-53-79(54-38-71)107-81-51-31-65-23-25-67(65)59-81)91-17-5-1-11-83(91)85-57-49-77(61-93(85)101)105(95-19-9-15-89-87-13-3-7-21-97(87)109-99(89)95)75-45-27-63(28-46-75)64-29-47-76(48-30-64)106(96-20-10-16-90-88-14-4-8-22-98(88)110-100(90)96)78-50-58-86-84-12-2-6-18-92(84)102(94(86)62-78,70-35-43-74(104)44-36-70)72-39-55-80(56-40-72)108-82-52-32-66-24-26-68(66)60-82/h1-22,27-62H,23-26H2. The van der Waals surface area contributed by atoms with E-state index in [1.54, 1.807) is 24.3 Å². The van der Waals surface area contributed by atoms with E-state index < -0.39 is 10.8 Å². The molecule has 0 spiro atoms. The monoisotopic (exact) mass is 1420 g/mol. The van der Waals surface area contributed by atoms with Crippen molar-refractivity contribution in [3.05, 3.63) is 430 Å². The first-order valence-electron chi connectivity index (χ1n) is 37.7. The smallest absolute Gasteiger partial charge is 0.159 e. The summed E-state index contributed by atoms with van der Waals surface area (Å²) in [6, 6.07) is 122. The van der Waals surface area contributed by atoms with Crippen LogP contribution in [0.1, 0.15) is 66.8 Å². The molecule has 0 radical (unpaired) electrons. The fraction of sp³-hybridized carbons (Fsp3) is 0.0588. The van der Waals surface area contributed by atoms with Gasteiger partial charge in [-0.25, -0.2) is 8.78 Å². The van der Waals surface area contributed by atoms with E-state index in [2.05, 4.69) is 289 Å². The lowest BCUT2D eigenvalue weighted by molar-refractivity contribution is 0.480. The van der Waals surface area contributed by atoms with Gasteiger partial charge in [-0.1, -0.05) is 206 Å². The van der Waals surface area contributed by atoms with Gasteiger partial charge in [0.25, 0.3) is 0 Å². The molecule has 522 valence electrons. The molecule has 0 aliphatic heterocycles. The highest BCUT2D eigenvalue weighted by Crippen LogP contribution is 2.60.